The number of hydrogen-bond donors (Lipinski definition) is 0. The molecule has 1 aromatic carbocycles. The topological polar surface area (TPSA) is 122 Å². The van der Waals surface area contributed by atoms with Gasteiger partial charge in [0, 0.05) is 12.1 Å². The Morgan fingerprint density at radius 3 is 2.00 bits per heavy atom. The summed E-state index contributed by atoms with van der Waals surface area (Å²) in [5, 5.41) is 22.4. The fourth-order valence-electron chi connectivity index (χ4n) is 2.41. The van der Waals surface area contributed by atoms with Crippen molar-refractivity contribution >= 4 is 17.5 Å². The van der Waals surface area contributed by atoms with Crippen LogP contribution in [0.3, 0.4) is 0 Å². The Labute approximate surface area is 145 Å². The molecule has 0 amide bonds. The van der Waals surface area contributed by atoms with Crippen molar-refractivity contribution in [1.82, 2.24) is 0 Å². The smallest absolute Gasteiger partial charge is 0.437 e. The lowest BCUT2D eigenvalue weighted by Crippen LogP contribution is -2.11. The van der Waals surface area contributed by atoms with Gasteiger partial charge in [-0.3, -0.25) is 20.2 Å². The van der Waals surface area contributed by atoms with E-state index in [2.05, 4.69) is 16.4 Å². The molecule has 138 valence electrons. The molecule has 0 aliphatic carbocycles. The fraction of sp³-hybridized carbons (Fsp3) is 0.562. The van der Waals surface area contributed by atoms with Crippen LogP contribution in [0.15, 0.2) is 12.1 Å². The van der Waals surface area contributed by atoms with Crippen molar-refractivity contribution in [3.8, 4) is 5.75 Å². The maximum absolute atomic E-state index is 11.2. The summed E-state index contributed by atoms with van der Waals surface area (Å²) in [5.74, 6) is -0.714. The molecule has 25 heavy (non-hydrogen) atoms. The minimum absolute atomic E-state index is 0.464. The molecule has 0 spiro atoms. The number of hydrogen-bond acceptors (Lipinski definition) is 7. The summed E-state index contributed by atoms with van der Waals surface area (Å²) < 4.78 is 8.89. The second kappa shape index (κ2) is 10.2. The molecule has 0 aliphatic heterocycles. The third-order valence-electron chi connectivity index (χ3n) is 3.67. The Morgan fingerprint density at radius 1 is 1.00 bits per heavy atom. The largest absolute Gasteiger partial charge is 0.514 e. The lowest BCUT2D eigenvalue weighted by atomic mass is 10.0. The van der Waals surface area contributed by atoms with Gasteiger partial charge in [-0.15, -0.1) is 0 Å². The summed E-state index contributed by atoms with van der Waals surface area (Å²) in [6.07, 6.45) is 5.43. The number of nitrogens with zero attached hydrogens (tertiary/aromatic N) is 2. The van der Waals surface area contributed by atoms with E-state index >= 15 is 0 Å². The standard InChI is InChI=1S/C16H22N2O7/c1-3-4-5-6-7-8-9-12-10-13(17(20)21)15(25-16(19)24-2)14(11-12)18(22)23/h10-11H,3-9H2,1-2H3. The van der Waals surface area contributed by atoms with Crippen molar-refractivity contribution in [1.29, 1.82) is 0 Å². The van der Waals surface area contributed by atoms with Gasteiger partial charge in [-0.2, -0.15) is 0 Å². The number of rotatable bonds is 10. The van der Waals surface area contributed by atoms with E-state index in [1.165, 1.54) is 12.1 Å². The molecule has 0 saturated carbocycles. The Morgan fingerprint density at radius 2 is 1.52 bits per heavy atom. The maximum Gasteiger partial charge on any atom is 0.514 e. The number of aryl methyl sites for hydroxylation is 1. The Bertz CT molecular complexity index is 596. The van der Waals surface area contributed by atoms with Gasteiger partial charge in [0.2, 0.25) is 0 Å². The van der Waals surface area contributed by atoms with Crippen LogP contribution >= 0.6 is 0 Å². The highest BCUT2D eigenvalue weighted by Crippen LogP contribution is 2.38. The third-order valence-corrected chi connectivity index (χ3v) is 3.67. The highest BCUT2D eigenvalue weighted by atomic mass is 16.7. The summed E-state index contributed by atoms with van der Waals surface area (Å²) in [4.78, 5) is 32.0. The van der Waals surface area contributed by atoms with E-state index in [-0.39, 0.29) is 0 Å². The number of carbonyl (C=O) groups excluding carboxylic acids is 1. The minimum Gasteiger partial charge on any atom is -0.437 e. The molecule has 0 N–H and O–H groups in total. The van der Waals surface area contributed by atoms with Gasteiger partial charge in [-0.25, -0.2) is 4.79 Å². The molecule has 1 rings (SSSR count). The van der Waals surface area contributed by atoms with E-state index in [9.17, 15) is 25.0 Å². The first-order valence-corrected chi connectivity index (χ1v) is 8.12. The molecule has 0 atom stereocenters. The van der Waals surface area contributed by atoms with Gasteiger partial charge in [0.05, 0.1) is 17.0 Å². The molecular formula is C16H22N2O7. The summed E-state index contributed by atoms with van der Waals surface area (Å²) in [7, 11) is 1.01. The maximum atomic E-state index is 11.2. The molecule has 0 bridgehead atoms. The van der Waals surface area contributed by atoms with Crippen LogP contribution in [0.2, 0.25) is 0 Å². The van der Waals surface area contributed by atoms with Gasteiger partial charge in [-0.1, -0.05) is 39.0 Å². The van der Waals surface area contributed by atoms with Gasteiger partial charge in [0.1, 0.15) is 0 Å². The van der Waals surface area contributed by atoms with Crippen molar-refractivity contribution in [3.63, 3.8) is 0 Å². The molecule has 1 aromatic rings. The molecule has 0 aliphatic rings. The lowest BCUT2D eigenvalue weighted by Gasteiger charge is -2.07. The van der Waals surface area contributed by atoms with Gasteiger partial charge < -0.3 is 9.47 Å². The van der Waals surface area contributed by atoms with Crippen LogP contribution in [0.4, 0.5) is 16.2 Å². The van der Waals surface area contributed by atoms with Crippen LogP contribution in [-0.2, 0) is 11.2 Å². The first-order valence-electron chi connectivity index (χ1n) is 8.12. The van der Waals surface area contributed by atoms with E-state index in [1.54, 1.807) is 0 Å². The number of methoxy groups -OCH3 is 1. The van der Waals surface area contributed by atoms with E-state index in [0.29, 0.717) is 12.0 Å². The van der Waals surface area contributed by atoms with Crippen LogP contribution in [0.25, 0.3) is 0 Å². The van der Waals surface area contributed by atoms with Crippen molar-refractivity contribution < 1.29 is 24.1 Å². The van der Waals surface area contributed by atoms with Crippen molar-refractivity contribution in [2.24, 2.45) is 0 Å². The number of carbonyl (C=O) groups is 1. The summed E-state index contributed by atoms with van der Waals surface area (Å²) in [6, 6.07) is 2.41. The highest BCUT2D eigenvalue weighted by molar-refractivity contribution is 5.71. The Balaban J connectivity index is 2.99. The van der Waals surface area contributed by atoms with Gasteiger partial charge >= 0.3 is 17.5 Å². The fourth-order valence-corrected chi connectivity index (χ4v) is 2.41. The van der Waals surface area contributed by atoms with E-state index in [4.69, 9.17) is 0 Å². The second-order valence-electron chi connectivity index (χ2n) is 5.55. The number of unbranched alkanes of at least 4 members (excludes halogenated alkanes) is 5. The average Bonchev–Trinajstić information content (AvgIpc) is 2.58. The molecule has 9 nitrogen and oxygen atoms in total. The zero-order chi connectivity index (χ0) is 18.8. The molecule has 0 saturated heterocycles. The predicted molar refractivity (Wildman–Crippen MR) is 89.9 cm³/mol. The summed E-state index contributed by atoms with van der Waals surface area (Å²) >= 11 is 0. The van der Waals surface area contributed by atoms with Gasteiger partial charge in [0.15, 0.2) is 0 Å². The molecule has 0 fully saturated rings. The predicted octanol–water partition coefficient (Wildman–Crippen LogP) is 4.55. The second-order valence-corrected chi connectivity index (χ2v) is 5.55. The average molecular weight is 354 g/mol. The summed E-state index contributed by atoms with van der Waals surface area (Å²) in [6.45, 7) is 2.12. The van der Waals surface area contributed by atoms with Gasteiger partial charge in [0.25, 0.3) is 5.75 Å². The monoisotopic (exact) mass is 354 g/mol. The molecule has 0 aromatic heterocycles. The molecule has 0 heterocycles. The molecular weight excluding hydrogens is 332 g/mol. The highest BCUT2D eigenvalue weighted by Gasteiger charge is 2.30. The Kier molecular flexibility index (Phi) is 8.31. The quantitative estimate of drug-likeness (QED) is 0.198. The van der Waals surface area contributed by atoms with E-state index in [0.717, 1.165) is 45.6 Å². The van der Waals surface area contributed by atoms with Crippen LogP contribution in [0.1, 0.15) is 51.0 Å². The summed E-state index contributed by atoms with van der Waals surface area (Å²) in [5.41, 5.74) is -0.785. The van der Waals surface area contributed by atoms with Crippen LogP contribution in [0.5, 0.6) is 5.75 Å². The van der Waals surface area contributed by atoms with Crippen molar-refractivity contribution in [2.75, 3.05) is 7.11 Å². The zero-order valence-corrected chi connectivity index (χ0v) is 14.4. The zero-order valence-electron chi connectivity index (χ0n) is 14.4. The van der Waals surface area contributed by atoms with E-state index in [1.807, 2.05) is 0 Å². The normalized spacial score (nSPS) is 10.3. The number of nitro benzene ring substituents is 2. The molecule has 0 radical (unpaired) electrons. The third kappa shape index (κ3) is 6.36. The van der Waals surface area contributed by atoms with E-state index < -0.39 is 33.1 Å². The first kappa shape index (κ1) is 20.3. The molecule has 0 unspecified atom stereocenters. The number of nitro groups is 2. The van der Waals surface area contributed by atoms with Crippen molar-refractivity contribution in [2.45, 2.75) is 51.9 Å². The van der Waals surface area contributed by atoms with Gasteiger partial charge in [-0.05, 0) is 18.4 Å². The molecule has 9 heteroatoms. The van der Waals surface area contributed by atoms with Crippen LogP contribution < -0.4 is 4.74 Å². The van der Waals surface area contributed by atoms with Crippen LogP contribution in [0, 0.1) is 20.2 Å². The number of benzene rings is 1. The lowest BCUT2D eigenvalue weighted by molar-refractivity contribution is -0.395. The van der Waals surface area contributed by atoms with Crippen molar-refractivity contribution in [3.05, 3.63) is 37.9 Å². The van der Waals surface area contributed by atoms with Crippen LogP contribution in [-0.4, -0.2) is 23.1 Å². The Hall–Kier alpha value is -2.71. The minimum atomic E-state index is -1.25. The first-order chi connectivity index (χ1) is 11.9. The number of ether oxygens (including phenoxy) is 2. The SMILES string of the molecule is CCCCCCCCc1cc([N+](=O)[O-])c(OC(=O)OC)c([N+](=O)[O-])c1.